The summed E-state index contributed by atoms with van der Waals surface area (Å²) < 4.78 is 4.44. The first-order valence-electron chi connectivity index (χ1n) is 6.59. The van der Waals surface area contributed by atoms with E-state index in [4.69, 9.17) is 5.11 Å². The number of amides is 2. The molecule has 116 valence electrons. The molecule has 0 bridgehead atoms. The van der Waals surface area contributed by atoms with Crippen molar-refractivity contribution in [2.75, 3.05) is 20.7 Å². The Kier molecular flexibility index (Phi) is 8.35. The molecule has 0 unspecified atom stereocenters. The largest absolute Gasteiger partial charge is 0.480 e. The fraction of sp³-hybridized carbons (Fsp3) is 0.769. The van der Waals surface area contributed by atoms with Crippen LogP contribution in [0.4, 0.5) is 4.79 Å². The van der Waals surface area contributed by atoms with Crippen molar-refractivity contribution in [1.29, 1.82) is 0 Å². The van der Waals surface area contributed by atoms with Crippen LogP contribution in [-0.4, -0.2) is 54.7 Å². The highest BCUT2D eigenvalue weighted by molar-refractivity contribution is 5.83. The number of nitrogens with zero attached hydrogens (tertiary/aromatic N) is 1. The molecule has 0 aliphatic carbocycles. The van der Waals surface area contributed by atoms with Gasteiger partial charge in [-0.1, -0.05) is 13.8 Å². The van der Waals surface area contributed by atoms with Crippen LogP contribution < -0.4 is 5.32 Å². The van der Waals surface area contributed by atoms with Gasteiger partial charge in [-0.3, -0.25) is 4.79 Å². The van der Waals surface area contributed by atoms with Gasteiger partial charge >= 0.3 is 18.0 Å². The maximum atomic E-state index is 11.8. The third-order valence-corrected chi connectivity index (χ3v) is 2.85. The number of carbonyl (C=O) groups is 3. The van der Waals surface area contributed by atoms with E-state index in [1.165, 1.54) is 12.0 Å². The van der Waals surface area contributed by atoms with Crippen LogP contribution in [0.25, 0.3) is 0 Å². The van der Waals surface area contributed by atoms with Gasteiger partial charge in [0.05, 0.1) is 7.11 Å². The first kappa shape index (κ1) is 18.2. The Morgan fingerprint density at radius 1 is 1.25 bits per heavy atom. The molecule has 0 aromatic heterocycles. The van der Waals surface area contributed by atoms with Crippen molar-refractivity contribution in [3.63, 3.8) is 0 Å². The van der Waals surface area contributed by atoms with Crippen molar-refractivity contribution in [2.24, 2.45) is 5.92 Å². The summed E-state index contributed by atoms with van der Waals surface area (Å²) in [6, 6.07) is -1.55. The van der Waals surface area contributed by atoms with Crippen LogP contribution in [0.5, 0.6) is 0 Å². The summed E-state index contributed by atoms with van der Waals surface area (Å²) in [5.74, 6) is -1.21. The highest BCUT2D eigenvalue weighted by atomic mass is 16.5. The third-order valence-electron chi connectivity index (χ3n) is 2.85. The lowest BCUT2D eigenvalue weighted by Gasteiger charge is -2.22. The monoisotopic (exact) mass is 288 g/mol. The van der Waals surface area contributed by atoms with Crippen LogP contribution in [-0.2, 0) is 14.3 Å². The molecule has 0 saturated carbocycles. The lowest BCUT2D eigenvalue weighted by Crippen LogP contribution is -2.47. The summed E-state index contributed by atoms with van der Waals surface area (Å²) in [5, 5.41) is 11.4. The first-order valence-corrected chi connectivity index (χ1v) is 6.59. The van der Waals surface area contributed by atoms with E-state index in [9.17, 15) is 14.4 Å². The second-order valence-electron chi connectivity index (χ2n) is 5.06. The molecule has 0 saturated heterocycles. The minimum atomic E-state index is -1.17. The topological polar surface area (TPSA) is 95.9 Å². The van der Waals surface area contributed by atoms with Gasteiger partial charge in [-0.2, -0.15) is 0 Å². The van der Waals surface area contributed by atoms with Crippen LogP contribution in [0.15, 0.2) is 0 Å². The smallest absolute Gasteiger partial charge is 0.326 e. The second-order valence-corrected chi connectivity index (χ2v) is 5.06. The van der Waals surface area contributed by atoms with E-state index in [1.54, 1.807) is 7.05 Å². The van der Waals surface area contributed by atoms with Crippen molar-refractivity contribution in [1.82, 2.24) is 10.2 Å². The SMILES string of the molecule is COC(=O)CC[C@@H](NC(=O)N(C)CCC(C)C)C(=O)O. The maximum Gasteiger partial charge on any atom is 0.326 e. The van der Waals surface area contributed by atoms with Crippen molar-refractivity contribution in [3.8, 4) is 0 Å². The lowest BCUT2D eigenvalue weighted by molar-refractivity contribution is -0.142. The number of hydrogen-bond donors (Lipinski definition) is 2. The quantitative estimate of drug-likeness (QED) is 0.652. The molecule has 2 N–H and O–H groups in total. The van der Waals surface area contributed by atoms with Crippen LogP contribution >= 0.6 is 0 Å². The van der Waals surface area contributed by atoms with Crippen LogP contribution in [0.3, 0.4) is 0 Å². The van der Waals surface area contributed by atoms with Gasteiger partial charge < -0.3 is 20.1 Å². The Morgan fingerprint density at radius 3 is 2.30 bits per heavy atom. The maximum absolute atomic E-state index is 11.8. The molecule has 0 aromatic rings. The summed E-state index contributed by atoms with van der Waals surface area (Å²) >= 11 is 0. The Bertz CT molecular complexity index is 344. The van der Waals surface area contributed by atoms with Crippen LogP contribution in [0.1, 0.15) is 33.1 Å². The van der Waals surface area contributed by atoms with Gasteiger partial charge in [-0.25, -0.2) is 9.59 Å². The van der Waals surface area contributed by atoms with Gasteiger partial charge in [-0.05, 0) is 18.8 Å². The average molecular weight is 288 g/mol. The standard InChI is InChI=1S/C13H24N2O5/c1-9(2)7-8-15(3)13(19)14-10(12(17)18)5-6-11(16)20-4/h9-10H,5-8H2,1-4H3,(H,14,19)(H,17,18)/t10-/m1/s1. The van der Waals surface area contributed by atoms with Gasteiger partial charge in [-0.15, -0.1) is 0 Å². The molecule has 0 aliphatic heterocycles. The third kappa shape index (κ3) is 7.60. The molecule has 2 amide bonds. The molecule has 7 nitrogen and oxygen atoms in total. The van der Waals surface area contributed by atoms with Gasteiger partial charge in [0.1, 0.15) is 6.04 Å². The van der Waals surface area contributed by atoms with Crippen molar-refractivity contribution in [3.05, 3.63) is 0 Å². The number of urea groups is 1. The fourth-order valence-electron chi connectivity index (χ4n) is 1.43. The molecule has 1 atom stereocenters. The second kappa shape index (κ2) is 9.17. The van der Waals surface area contributed by atoms with Gasteiger partial charge in [0.25, 0.3) is 0 Å². The van der Waals surface area contributed by atoms with Gasteiger partial charge in [0.2, 0.25) is 0 Å². The fourth-order valence-corrected chi connectivity index (χ4v) is 1.43. The van der Waals surface area contributed by atoms with E-state index in [0.717, 1.165) is 6.42 Å². The predicted octanol–water partition coefficient (Wildman–Crippen LogP) is 1.08. The van der Waals surface area contributed by atoms with E-state index in [1.807, 2.05) is 13.8 Å². The molecule has 0 rings (SSSR count). The summed E-state index contributed by atoms with van der Waals surface area (Å²) in [5.41, 5.74) is 0. The zero-order valence-electron chi connectivity index (χ0n) is 12.5. The summed E-state index contributed by atoms with van der Waals surface area (Å²) in [6.07, 6.45) is 0.791. The van der Waals surface area contributed by atoms with Crippen LogP contribution in [0.2, 0.25) is 0 Å². The molecule has 0 radical (unpaired) electrons. The highest BCUT2D eigenvalue weighted by Crippen LogP contribution is 2.03. The summed E-state index contributed by atoms with van der Waals surface area (Å²) in [7, 11) is 2.84. The number of carboxylic acids is 1. The lowest BCUT2D eigenvalue weighted by atomic mass is 10.1. The molecule has 0 aromatic carbocycles. The van der Waals surface area contributed by atoms with E-state index in [2.05, 4.69) is 10.1 Å². The summed E-state index contributed by atoms with van der Waals surface area (Å²) in [6.45, 7) is 4.64. The number of methoxy groups -OCH3 is 1. The Morgan fingerprint density at radius 2 is 1.85 bits per heavy atom. The molecular weight excluding hydrogens is 264 g/mol. The minimum absolute atomic E-state index is 0.00572. The van der Waals surface area contributed by atoms with Crippen molar-refractivity contribution >= 4 is 18.0 Å². The van der Waals surface area contributed by atoms with E-state index in [-0.39, 0.29) is 12.8 Å². The number of hydrogen-bond acceptors (Lipinski definition) is 4. The number of carbonyl (C=O) groups excluding carboxylic acids is 2. The number of ether oxygens (including phenoxy) is 1. The number of nitrogens with one attached hydrogen (secondary N) is 1. The first-order chi connectivity index (χ1) is 9.27. The molecule has 0 spiro atoms. The molecule has 0 fully saturated rings. The molecular formula is C13H24N2O5. The highest BCUT2D eigenvalue weighted by Gasteiger charge is 2.22. The molecule has 20 heavy (non-hydrogen) atoms. The Labute approximate surface area is 119 Å². The Balaban J connectivity index is 4.32. The van der Waals surface area contributed by atoms with Crippen molar-refractivity contribution in [2.45, 2.75) is 39.2 Å². The zero-order chi connectivity index (χ0) is 15.7. The Hall–Kier alpha value is -1.79. The van der Waals surface area contributed by atoms with Crippen LogP contribution in [0, 0.1) is 5.92 Å². The number of carboxylic acid groups (broad SMARTS) is 1. The van der Waals surface area contributed by atoms with E-state index < -0.39 is 24.0 Å². The molecule has 7 heteroatoms. The van der Waals surface area contributed by atoms with E-state index in [0.29, 0.717) is 12.5 Å². The molecule has 0 aliphatic rings. The van der Waals surface area contributed by atoms with E-state index >= 15 is 0 Å². The zero-order valence-corrected chi connectivity index (χ0v) is 12.5. The van der Waals surface area contributed by atoms with Crippen molar-refractivity contribution < 1.29 is 24.2 Å². The van der Waals surface area contributed by atoms with Gasteiger partial charge in [0.15, 0.2) is 0 Å². The normalized spacial score (nSPS) is 11.8. The predicted molar refractivity (Wildman–Crippen MR) is 73.3 cm³/mol. The summed E-state index contributed by atoms with van der Waals surface area (Å²) in [4.78, 5) is 35.3. The molecule has 0 heterocycles. The number of rotatable bonds is 8. The number of esters is 1. The minimum Gasteiger partial charge on any atom is -0.480 e. The average Bonchev–Trinajstić information content (AvgIpc) is 2.39. The van der Waals surface area contributed by atoms with Gasteiger partial charge in [0, 0.05) is 20.0 Å². The number of aliphatic carboxylic acids is 1.